The lowest BCUT2D eigenvalue weighted by Crippen LogP contribution is -2.52. The van der Waals surface area contributed by atoms with Crippen molar-refractivity contribution in [1.82, 2.24) is 25.4 Å². The minimum atomic E-state index is 0.101. The number of nitrogens with zero attached hydrogens (tertiary/aromatic N) is 4. The lowest BCUT2D eigenvalue weighted by Gasteiger charge is -2.44. The first kappa shape index (κ1) is 20.1. The molecule has 1 aromatic heterocycles. The van der Waals surface area contributed by atoms with Crippen LogP contribution in [0.25, 0.3) is 0 Å². The topological polar surface area (TPSA) is 76.4 Å². The van der Waals surface area contributed by atoms with E-state index in [2.05, 4.69) is 27.8 Å². The molecule has 1 aliphatic heterocycles. The van der Waals surface area contributed by atoms with E-state index in [4.69, 9.17) is 9.73 Å². The monoisotopic (exact) mass is 376 g/mol. The van der Waals surface area contributed by atoms with Crippen LogP contribution < -0.4 is 10.6 Å². The van der Waals surface area contributed by atoms with Crippen molar-refractivity contribution in [2.75, 3.05) is 13.2 Å². The van der Waals surface area contributed by atoms with Gasteiger partial charge in [0.25, 0.3) is 0 Å². The van der Waals surface area contributed by atoms with Gasteiger partial charge in [0.2, 0.25) is 0 Å². The number of nitrogens with one attached hydrogen (secondary N) is 2. The van der Waals surface area contributed by atoms with Crippen molar-refractivity contribution in [1.29, 1.82) is 0 Å². The number of guanidine groups is 1. The Morgan fingerprint density at radius 3 is 2.81 bits per heavy atom. The summed E-state index contributed by atoms with van der Waals surface area (Å²) in [6.07, 6.45) is 10.8. The van der Waals surface area contributed by atoms with E-state index in [1.165, 1.54) is 38.5 Å². The fourth-order valence-electron chi connectivity index (χ4n) is 4.16. The summed E-state index contributed by atoms with van der Waals surface area (Å²) in [7, 11) is 1.99. The van der Waals surface area contributed by atoms with Crippen LogP contribution in [-0.4, -0.2) is 45.5 Å². The predicted octanol–water partition coefficient (Wildman–Crippen LogP) is 2.84. The maximum Gasteiger partial charge on any atom is 0.191 e. The van der Waals surface area contributed by atoms with E-state index < -0.39 is 0 Å². The minimum Gasteiger partial charge on any atom is -0.375 e. The van der Waals surface area contributed by atoms with Gasteiger partial charge in [-0.1, -0.05) is 32.6 Å². The van der Waals surface area contributed by atoms with Crippen molar-refractivity contribution in [2.45, 2.75) is 89.8 Å². The molecular formula is C20H36N6O. The molecule has 7 nitrogen and oxygen atoms in total. The standard InChI is InChI=1S/C20H36N6O/c1-4-5-12-21-19(22-15-18-25-24-16(2)26(18)3)23-17-9-13-27-20(14-17)10-7-6-8-11-20/h17H,4-15H2,1-3H3,(H2,21,22,23). The molecule has 0 radical (unpaired) electrons. The summed E-state index contributed by atoms with van der Waals surface area (Å²) in [5.74, 6) is 2.69. The van der Waals surface area contributed by atoms with Crippen molar-refractivity contribution < 1.29 is 4.74 Å². The summed E-state index contributed by atoms with van der Waals surface area (Å²) in [6.45, 7) is 6.49. The second-order valence-corrected chi connectivity index (χ2v) is 8.09. The predicted molar refractivity (Wildman–Crippen MR) is 108 cm³/mol. The number of unbranched alkanes of at least 4 members (excludes halogenated alkanes) is 1. The average molecular weight is 377 g/mol. The molecule has 1 aliphatic carbocycles. The summed E-state index contributed by atoms with van der Waals surface area (Å²) in [5, 5.41) is 15.5. The third kappa shape index (κ3) is 5.43. The quantitative estimate of drug-likeness (QED) is 0.454. The normalized spacial score (nSPS) is 22.8. The van der Waals surface area contributed by atoms with Gasteiger partial charge in [-0.05, 0) is 39.0 Å². The molecule has 27 heavy (non-hydrogen) atoms. The Hall–Kier alpha value is -1.63. The number of rotatable bonds is 6. The molecule has 2 N–H and O–H groups in total. The zero-order valence-electron chi connectivity index (χ0n) is 17.3. The molecule has 0 aromatic carbocycles. The molecule has 2 heterocycles. The summed E-state index contributed by atoms with van der Waals surface area (Å²) >= 11 is 0. The van der Waals surface area contributed by atoms with E-state index >= 15 is 0 Å². The highest BCUT2D eigenvalue weighted by atomic mass is 16.5. The molecule has 152 valence electrons. The molecule has 1 atom stereocenters. The molecule has 1 aromatic rings. The molecule has 1 unspecified atom stereocenters. The van der Waals surface area contributed by atoms with E-state index in [1.54, 1.807) is 0 Å². The van der Waals surface area contributed by atoms with Crippen LogP contribution in [0.5, 0.6) is 0 Å². The molecule has 0 bridgehead atoms. The smallest absolute Gasteiger partial charge is 0.191 e. The lowest BCUT2D eigenvalue weighted by atomic mass is 9.78. The second-order valence-electron chi connectivity index (χ2n) is 8.09. The van der Waals surface area contributed by atoms with E-state index in [1.807, 2.05) is 18.5 Å². The van der Waals surface area contributed by atoms with E-state index in [0.29, 0.717) is 12.6 Å². The Bertz CT molecular complexity index is 614. The molecule has 2 fully saturated rings. The van der Waals surface area contributed by atoms with Crippen LogP contribution in [0, 0.1) is 6.92 Å². The van der Waals surface area contributed by atoms with Crippen LogP contribution in [-0.2, 0) is 18.3 Å². The lowest BCUT2D eigenvalue weighted by molar-refractivity contribution is -0.107. The van der Waals surface area contributed by atoms with Crippen molar-refractivity contribution in [3.63, 3.8) is 0 Å². The molecular weight excluding hydrogens is 340 g/mol. The van der Waals surface area contributed by atoms with Crippen LogP contribution in [0.4, 0.5) is 0 Å². The third-order valence-corrected chi connectivity index (χ3v) is 5.98. The van der Waals surface area contributed by atoms with Gasteiger partial charge in [0, 0.05) is 26.2 Å². The van der Waals surface area contributed by atoms with Gasteiger partial charge in [-0.3, -0.25) is 0 Å². The largest absolute Gasteiger partial charge is 0.375 e. The first-order chi connectivity index (χ1) is 13.1. The van der Waals surface area contributed by atoms with Gasteiger partial charge in [0.15, 0.2) is 11.8 Å². The Labute approximate surface area is 163 Å². The summed E-state index contributed by atoms with van der Waals surface area (Å²) < 4.78 is 8.24. The van der Waals surface area contributed by atoms with E-state index in [9.17, 15) is 0 Å². The first-order valence-electron chi connectivity index (χ1n) is 10.7. The third-order valence-electron chi connectivity index (χ3n) is 5.98. The van der Waals surface area contributed by atoms with Gasteiger partial charge < -0.3 is 19.9 Å². The summed E-state index contributed by atoms with van der Waals surface area (Å²) in [4.78, 5) is 4.80. The van der Waals surface area contributed by atoms with Crippen molar-refractivity contribution in [2.24, 2.45) is 12.0 Å². The average Bonchev–Trinajstić information content (AvgIpc) is 2.99. The zero-order chi connectivity index (χ0) is 19.1. The number of aryl methyl sites for hydroxylation is 1. The Balaban J connectivity index is 1.63. The summed E-state index contributed by atoms with van der Waals surface area (Å²) in [6, 6.07) is 0.422. The molecule has 1 saturated heterocycles. The van der Waals surface area contributed by atoms with Gasteiger partial charge in [0.1, 0.15) is 12.4 Å². The van der Waals surface area contributed by atoms with Crippen molar-refractivity contribution >= 4 is 5.96 Å². The summed E-state index contributed by atoms with van der Waals surface area (Å²) in [5.41, 5.74) is 0.101. The van der Waals surface area contributed by atoms with Crippen LogP contribution in [0.1, 0.15) is 76.4 Å². The number of hydrogen-bond acceptors (Lipinski definition) is 4. The molecule has 3 rings (SSSR count). The van der Waals surface area contributed by atoms with Gasteiger partial charge in [0.05, 0.1) is 5.60 Å². The SMILES string of the molecule is CCCCNC(=NCc1nnc(C)n1C)NC1CCOC2(CCCCC2)C1. The number of aliphatic imine (C=N–C) groups is 1. The fourth-order valence-corrected chi connectivity index (χ4v) is 4.16. The number of hydrogen-bond donors (Lipinski definition) is 2. The minimum absolute atomic E-state index is 0.101. The van der Waals surface area contributed by atoms with Crippen LogP contribution in [0.15, 0.2) is 4.99 Å². The van der Waals surface area contributed by atoms with Crippen molar-refractivity contribution in [3.8, 4) is 0 Å². The van der Waals surface area contributed by atoms with Gasteiger partial charge >= 0.3 is 0 Å². The Morgan fingerprint density at radius 1 is 1.30 bits per heavy atom. The molecule has 2 aliphatic rings. The Morgan fingerprint density at radius 2 is 2.11 bits per heavy atom. The van der Waals surface area contributed by atoms with E-state index in [0.717, 1.165) is 50.0 Å². The highest BCUT2D eigenvalue weighted by Crippen LogP contribution is 2.38. The van der Waals surface area contributed by atoms with Gasteiger partial charge in [-0.25, -0.2) is 4.99 Å². The molecule has 1 saturated carbocycles. The fraction of sp³-hybridized carbons (Fsp3) is 0.850. The van der Waals surface area contributed by atoms with Crippen LogP contribution in [0.3, 0.4) is 0 Å². The van der Waals surface area contributed by atoms with Gasteiger partial charge in [-0.15, -0.1) is 10.2 Å². The molecule has 7 heteroatoms. The van der Waals surface area contributed by atoms with Gasteiger partial charge in [-0.2, -0.15) is 0 Å². The van der Waals surface area contributed by atoms with E-state index in [-0.39, 0.29) is 5.60 Å². The number of ether oxygens (including phenoxy) is 1. The maximum atomic E-state index is 6.24. The van der Waals surface area contributed by atoms with Crippen LogP contribution in [0.2, 0.25) is 0 Å². The molecule has 0 amide bonds. The highest BCUT2D eigenvalue weighted by Gasteiger charge is 2.38. The molecule has 1 spiro atoms. The Kier molecular flexibility index (Phi) is 7.10. The second kappa shape index (κ2) is 9.53. The number of aromatic nitrogens is 3. The zero-order valence-corrected chi connectivity index (χ0v) is 17.3. The first-order valence-corrected chi connectivity index (χ1v) is 10.7. The maximum absolute atomic E-state index is 6.24. The van der Waals surface area contributed by atoms with Crippen molar-refractivity contribution in [3.05, 3.63) is 11.6 Å². The highest BCUT2D eigenvalue weighted by molar-refractivity contribution is 5.80. The van der Waals surface area contributed by atoms with Crippen LogP contribution >= 0.6 is 0 Å².